The van der Waals surface area contributed by atoms with Crippen LogP contribution in [-0.4, -0.2) is 42.6 Å². The van der Waals surface area contributed by atoms with E-state index in [1.54, 1.807) is 0 Å². The van der Waals surface area contributed by atoms with Crippen LogP contribution in [0.25, 0.3) is 0 Å². The second-order valence-electron chi connectivity index (χ2n) is 5.07. The number of anilines is 1. The van der Waals surface area contributed by atoms with Crippen molar-refractivity contribution in [1.82, 2.24) is 9.88 Å². The maximum atomic E-state index is 4.46. The normalized spacial score (nSPS) is 21.8. The Morgan fingerprint density at radius 1 is 1.18 bits per heavy atom. The lowest BCUT2D eigenvalue weighted by Gasteiger charge is -2.35. The van der Waals surface area contributed by atoms with Gasteiger partial charge in [-0.3, -0.25) is 4.90 Å². The average molecular weight is 296 g/mol. The van der Waals surface area contributed by atoms with Gasteiger partial charge in [0.05, 0.1) is 0 Å². The number of halogens is 1. The molecule has 1 aromatic rings. The Morgan fingerprint density at radius 3 is 2.53 bits per heavy atom. The van der Waals surface area contributed by atoms with Gasteiger partial charge in [-0.25, -0.2) is 4.98 Å². The van der Waals surface area contributed by atoms with Crippen molar-refractivity contribution in [2.24, 2.45) is 5.92 Å². The highest BCUT2D eigenvalue weighted by molar-refractivity contribution is 9.10. The first-order chi connectivity index (χ1) is 8.31. The monoisotopic (exact) mass is 295 g/mol. The third-order valence-electron chi connectivity index (χ3n) is 3.62. The molecule has 1 saturated carbocycles. The Kier molecular flexibility index (Phi) is 3.34. The minimum absolute atomic E-state index is 1.01. The molecule has 0 spiro atoms. The smallest absolute Gasteiger partial charge is 0.128 e. The molecule has 2 aliphatic rings. The number of piperazine rings is 1. The van der Waals surface area contributed by atoms with Crippen LogP contribution in [0.15, 0.2) is 22.8 Å². The van der Waals surface area contributed by atoms with E-state index in [1.807, 2.05) is 6.20 Å². The summed E-state index contributed by atoms with van der Waals surface area (Å²) in [6.45, 7) is 5.92. The lowest BCUT2D eigenvalue weighted by atomic mass is 10.2. The molecular weight excluding hydrogens is 278 g/mol. The minimum atomic E-state index is 1.01. The standard InChI is InChI=1S/C13H18BrN3/c14-12-3-4-13(15-9-12)17-7-5-16(6-8-17)10-11-1-2-11/h3-4,9,11H,1-2,5-8,10H2. The number of nitrogens with zero attached hydrogens (tertiary/aromatic N) is 3. The van der Waals surface area contributed by atoms with E-state index < -0.39 is 0 Å². The van der Waals surface area contributed by atoms with Crippen LogP contribution in [0.2, 0.25) is 0 Å². The third kappa shape index (κ3) is 2.99. The second kappa shape index (κ2) is 4.94. The molecule has 3 nitrogen and oxygen atoms in total. The maximum Gasteiger partial charge on any atom is 0.128 e. The van der Waals surface area contributed by atoms with Gasteiger partial charge in [0.25, 0.3) is 0 Å². The van der Waals surface area contributed by atoms with Crippen LogP contribution in [0.4, 0.5) is 5.82 Å². The van der Waals surface area contributed by atoms with Crippen molar-refractivity contribution in [3.05, 3.63) is 22.8 Å². The molecule has 92 valence electrons. The van der Waals surface area contributed by atoms with Gasteiger partial charge in [-0.15, -0.1) is 0 Å². The van der Waals surface area contributed by atoms with E-state index in [1.165, 1.54) is 32.5 Å². The van der Waals surface area contributed by atoms with Crippen LogP contribution < -0.4 is 4.90 Å². The van der Waals surface area contributed by atoms with Gasteiger partial charge in [-0.1, -0.05) is 0 Å². The van der Waals surface area contributed by atoms with Crippen LogP contribution in [0.1, 0.15) is 12.8 Å². The lowest BCUT2D eigenvalue weighted by molar-refractivity contribution is 0.247. The third-order valence-corrected chi connectivity index (χ3v) is 4.09. The maximum absolute atomic E-state index is 4.46. The van der Waals surface area contributed by atoms with Crippen LogP contribution >= 0.6 is 15.9 Å². The molecule has 4 heteroatoms. The summed E-state index contributed by atoms with van der Waals surface area (Å²) in [5.74, 6) is 2.12. The summed E-state index contributed by atoms with van der Waals surface area (Å²) < 4.78 is 1.05. The topological polar surface area (TPSA) is 19.4 Å². The van der Waals surface area contributed by atoms with E-state index in [9.17, 15) is 0 Å². The Bertz CT molecular complexity index is 367. The van der Waals surface area contributed by atoms with E-state index in [2.05, 4.69) is 42.8 Å². The SMILES string of the molecule is Brc1ccc(N2CCN(CC3CC3)CC2)nc1. The summed E-state index contributed by atoms with van der Waals surface area (Å²) in [4.78, 5) is 9.45. The molecular formula is C13H18BrN3. The largest absolute Gasteiger partial charge is 0.354 e. The molecule has 0 N–H and O–H groups in total. The Balaban J connectivity index is 1.54. The summed E-state index contributed by atoms with van der Waals surface area (Å²) in [7, 11) is 0. The van der Waals surface area contributed by atoms with E-state index in [0.29, 0.717) is 0 Å². The number of rotatable bonds is 3. The molecule has 0 amide bonds. The molecule has 17 heavy (non-hydrogen) atoms. The van der Waals surface area contributed by atoms with Gasteiger partial charge in [0.2, 0.25) is 0 Å². The molecule has 0 radical (unpaired) electrons. The molecule has 0 unspecified atom stereocenters. The zero-order valence-electron chi connectivity index (χ0n) is 9.98. The fourth-order valence-corrected chi connectivity index (χ4v) is 2.61. The minimum Gasteiger partial charge on any atom is -0.354 e. The summed E-state index contributed by atoms with van der Waals surface area (Å²) in [6.07, 6.45) is 4.79. The molecule has 0 atom stereocenters. The number of hydrogen-bond donors (Lipinski definition) is 0. The highest BCUT2D eigenvalue weighted by Gasteiger charge is 2.26. The zero-order chi connectivity index (χ0) is 11.7. The van der Waals surface area contributed by atoms with Gasteiger partial charge in [-0.05, 0) is 46.8 Å². The van der Waals surface area contributed by atoms with E-state index in [4.69, 9.17) is 0 Å². The van der Waals surface area contributed by atoms with E-state index in [0.717, 1.165) is 29.3 Å². The van der Waals surface area contributed by atoms with E-state index >= 15 is 0 Å². The first-order valence-electron chi connectivity index (χ1n) is 6.40. The fraction of sp³-hybridized carbons (Fsp3) is 0.615. The first-order valence-corrected chi connectivity index (χ1v) is 7.19. The Labute approximate surface area is 111 Å². The summed E-state index contributed by atoms with van der Waals surface area (Å²) in [5, 5.41) is 0. The second-order valence-corrected chi connectivity index (χ2v) is 5.98. The quantitative estimate of drug-likeness (QED) is 0.853. The highest BCUT2D eigenvalue weighted by atomic mass is 79.9. The summed E-state index contributed by atoms with van der Waals surface area (Å²) >= 11 is 3.42. The molecule has 2 heterocycles. The molecule has 0 aromatic carbocycles. The average Bonchev–Trinajstić information content (AvgIpc) is 3.15. The van der Waals surface area contributed by atoms with Gasteiger partial charge in [0.1, 0.15) is 5.82 Å². The van der Waals surface area contributed by atoms with Gasteiger partial charge in [0.15, 0.2) is 0 Å². The lowest BCUT2D eigenvalue weighted by Crippen LogP contribution is -2.47. The first kappa shape index (κ1) is 11.5. The van der Waals surface area contributed by atoms with E-state index in [-0.39, 0.29) is 0 Å². The van der Waals surface area contributed by atoms with Crippen molar-refractivity contribution >= 4 is 21.7 Å². The van der Waals surface area contributed by atoms with Crippen molar-refractivity contribution < 1.29 is 0 Å². The highest BCUT2D eigenvalue weighted by Crippen LogP contribution is 2.30. The van der Waals surface area contributed by atoms with Gasteiger partial charge >= 0.3 is 0 Å². The molecule has 1 aliphatic carbocycles. The number of aromatic nitrogens is 1. The van der Waals surface area contributed by atoms with Crippen LogP contribution in [0.5, 0.6) is 0 Å². The Hall–Kier alpha value is -0.610. The molecule has 3 rings (SSSR count). The number of hydrogen-bond acceptors (Lipinski definition) is 3. The van der Waals surface area contributed by atoms with Crippen molar-refractivity contribution in [2.75, 3.05) is 37.6 Å². The molecule has 1 aliphatic heterocycles. The van der Waals surface area contributed by atoms with Gasteiger partial charge in [0, 0.05) is 43.4 Å². The van der Waals surface area contributed by atoms with Crippen molar-refractivity contribution in [2.45, 2.75) is 12.8 Å². The van der Waals surface area contributed by atoms with Crippen LogP contribution in [0, 0.1) is 5.92 Å². The van der Waals surface area contributed by atoms with Gasteiger partial charge < -0.3 is 4.90 Å². The number of pyridine rings is 1. The fourth-order valence-electron chi connectivity index (χ4n) is 2.38. The predicted octanol–water partition coefficient (Wildman–Crippen LogP) is 2.38. The molecule has 0 bridgehead atoms. The molecule has 1 saturated heterocycles. The molecule has 2 fully saturated rings. The Morgan fingerprint density at radius 2 is 1.94 bits per heavy atom. The molecule has 1 aromatic heterocycles. The van der Waals surface area contributed by atoms with Gasteiger partial charge in [-0.2, -0.15) is 0 Å². The van der Waals surface area contributed by atoms with Crippen LogP contribution in [-0.2, 0) is 0 Å². The van der Waals surface area contributed by atoms with Crippen LogP contribution in [0.3, 0.4) is 0 Å². The van der Waals surface area contributed by atoms with Crippen molar-refractivity contribution in [1.29, 1.82) is 0 Å². The van der Waals surface area contributed by atoms with Crippen molar-refractivity contribution in [3.63, 3.8) is 0 Å². The predicted molar refractivity (Wildman–Crippen MR) is 73.3 cm³/mol. The summed E-state index contributed by atoms with van der Waals surface area (Å²) in [5.41, 5.74) is 0. The summed E-state index contributed by atoms with van der Waals surface area (Å²) in [6, 6.07) is 4.17. The zero-order valence-corrected chi connectivity index (χ0v) is 11.6. The van der Waals surface area contributed by atoms with Crippen molar-refractivity contribution in [3.8, 4) is 0 Å².